The van der Waals surface area contributed by atoms with E-state index in [0.29, 0.717) is 12.5 Å². The Morgan fingerprint density at radius 2 is 2.06 bits per heavy atom. The van der Waals surface area contributed by atoms with Crippen molar-refractivity contribution in [3.63, 3.8) is 0 Å². The second kappa shape index (κ2) is 9.26. The first kappa shape index (κ1) is 21.0. The van der Waals surface area contributed by atoms with Gasteiger partial charge in [0.25, 0.3) is 0 Å². The Labute approximate surface area is 182 Å². The molecule has 1 aliphatic heterocycles. The number of likely N-dealkylation sites (tertiary alicyclic amines) is 1. The lowest BCUT2D eigenvalue weighted by Gasteiger charge is -2.33. The zero-order chi connectivity index (χ0) is 21.8. The number of carbonyl (C=O) groups excluding carboxylic acids is 1. The SMILES string of the molecule is CN(C)c1ncc(-c2ccc(CO)cc2)c([C@@H]2CCCN(C(=O)Cn3cccn3)C2)n1. The van der Waals surface area contributed by atoms with Gasteiger partial charge in [0.2, 0.25) is 11.9 Å². The molecular weight excluding hydrogens is 392 g/mol. The van der Waals surface area contributed by atoms with Crippen molar-refractivity contribution < 1.29 is 9.90 Å². The van der Waals surface area contributed by atoms with Gasteiger partial charge < -0.3 is 14.9 Å². The van der Waals surface area contributed by atoms with Crippen LogP contribution in [0.25, 0.3) is 11.1 Å². The van der Waals surface area contributed by atoms with Crippen LogP contribution in [0.15, 0.2) is 48.9 Å². The van der Waals surface area contributed by atoms with E-state index < -0.39 is 0 Å². The predicted molar refractivity (Wildman–Crippen MR) is 118 cm³/mol. The van der Waals surface area contributed by atoms with Gasteiger partial charge in [0.1, 0.15) is 6.54 Å². The molecule has 162 valence electrons. The lowest BCUT2D eigenvalue weighted by atomic mass is 9.89. The molecule has 1 fully saturated rings. The van der Waals surface area contributed by atoms with Gasteiger partial charge in [-0.25, -0.2) is 9.97 Å². The van der Waals surface area contributed by atoms with E-state index in [1.807, 2.05) is 60.4 Å². The van der Waals surface area contributed by atoms with Crippen LogP contribution in [-0.2, 0) is 17.9 Å². The lowest BCUT2D eigenvalue weighted by molar-refractivity contribution is -0.133. The molecule has 3 heterocycles. The fourth-order valence-electron chi connectivity index (χ4n) is 3.98. The largest absolute Gasteiger partial charge is 0.392 e. The molecule has 31 heavy (non-hydrogen) atoms. The molecule has 0 aliphatic carbocycles. The maximum absolute atomic E-state index is 12.8. The second-order valence-corrected chi connectivity index (χ2v) is 8.10. The minimum Gasteiger partial charge on any atom is -0.392 e. The van der Waals surface area contributed by atoms with Crippen LogP contribution in [0, 0.1) is 0 Å². The third kappa shape index (κ3) is 4.74. The number of anilines is 1. The quantitative estimate of drug-likeness (QED) is 0.659. The molecule has 1 aromatic carbocycles. The standard InChI is InChI=1S/C23H28N6O2/c1-27(2)23-24-13-20(18-8-6-17(16-30)7-9-18)22(26-23)19-5-3-11-28(14-19)21(31)15-29-12-4-10-25-29/h4,6-10,12-13,19,30H,3,5,11,14-16H2,1-2H3/t19-/m1/s1. The molecule has 0 bridgehead atoms. The number of amides is 1. The van der Waals surface area contributed by atoms with Crippen LogP contribution in [0.4, 0.5) is 5.95 Å². The Morgan fingerprint density at radius 1 is 1.26 bits per heavy atom. The number of benzene rings is 1. The van der Waals surface area contributed by atoms with E-state index >= 15 is 0 Å². The fourth-order valence-corrected chi connectivity index (χ4v) is 3.98. The summed E-state index contributed by atoms with van der Waals surface area (Å²) in [5.41, 5.74) is 3.81. The van der Waals surface area contributed by atoms with Gasteiger partial charge in [-0.2, -0.15) is 5.10 Å². The van der Waals surface area contributed by atoms with E-state index in [1.54, 1.807) is 17.1 Å². The molecule has 0 spiro atoms. The van der Waals surface area contributed by atoms with E-state index in [1.165, 1.54) is 0 Å². The second-order valence-electron chi connectivity index (χ2n) is 8.10. The van der Waals surface area contributed by atoms with Crippen LogP contribution in [0.3, 0.4) is 0 Å². The number of nitrogens with zero attached hydrogens (tertiary/aromatic N) is 6. The number of aliphatic hydroxyl groups is 1. The van der Waals surface area contributed by atoms with Crippen LogP contribution >= 0.6 is 0 Å². The highest BCUT2D eigenvalue weighted by atomic mass is 16.3. The highest BCUT2D eigenvalue weighted by molar-refractivity contribution is 5.76. The Kier molecular flexibility index (Phi) is 6.27. The van der Waals surface area contributed by atoms with E-state index in [0.717, 1.165) is 41.8 Å². The summed E-state index contributed by atoms with van der Waals surface area (Å²) in [6.07, 6.45) is 7.26. The Hall–Kier alpha value is -3.26. The molecule has 1 N–H and O–H groups in total. The molecule has 8 heteroatoms. The van der Waals surface area contributed by atoms with Crippen molar-refractivity contribution in [3.05, 3.63) is 60.2 Å². The van der Waals surface area contributed by atoms with Crippen LogP contribution in [0.1, 0.15) is 30.0 Å². The molecule has 0 saturated carbocycles. The Balaban J connectivity index is 1.62. The van der Waals surface area contributed by atoms with E-state index in [4.69, 9.17) is 4.98 Å². The maximum atomic E-state index is 12.8. The summed E-state index contributed by atoms with van der Waals surface area (Å²) in [5.74, 6) is 0.861. The summed E-state index contributed by atoms with van der Waals surface area (Å²) in [5, 5.41) is 13.5. The van der Waals surface area contributed by atoms with Crippen LogP contribution in [-0.4, -0.2) is 62.8 Å². The molecule has 1 atom stereocenters. The summed E-state index contributed by atoms with van der Waals surface area (Å²) in [6, 6.07) is 9.64. The molecule has 4 rings (SSSR count). The molecule has 0 unspecified atom stereocenters. The zero-order valence-electron chi connectivity index (χ0n) is 18.0. The van der Waals surface area contributed by atoms with E-state index in [-0.39, 0.29) is 25.0 Å². The lowest BCUT2D eigenvalue weighted by Crippen LogP contribution is -2.41. The molecule has 1 saturated heterocycles. The van der Waals surface area contributed by atoms with E-state index in [9.17, 15) is 9.90 Å². The highest BCUT2D eigenvalue weighted by Crippen LogP contribution is 2.34. The number of aliphatic hydroxyl groups excluding tert-OH is 1. The number of hydrogen-bond acceptors (Lipinski definition) is 6. The molecule has 0 radical (unpaired) electrons. The average Bonchev–Trinajstić information content (AvgIpc) is 3.32. The molecule has 2 aromatic heterocycles. The van der Waals surface area contributed by atoms with Gasteiger partial charge in [0.15, 0.2) is 0 Å². The molecule has 3 aromatic rings. The van der Waals surface area contributed by atoms with Gasteiger partial charge in [-0.05, 0) is 30.0 Å². The van der Waals surface area contributed by atoms with Gasteiger partial charge in [-0.1, -0.05) is 24.3 Å². The highest BCUT2D eigenvalue weighted by Gasteiger charge is 2.28. The Morgan fingerprint density at radius 3 is 2.74 bits per heavy atom. The minimum atomic E-state index is 0.0130. The Bertz CT molecular complexity index is 1020. The molecule has 8 nitrogen and oxygen atoms in total. The van der Waals surface area contributed by atoms with Crippen LogP contribution in [0.5, 0.6) is 0 Å². The summed E-state index contributed by atoms with van der Waals surface area (Å²) in [6.45, 7) is 1.65. The zero-order valence-corrected chi connectivity index (χ0v) is 18.0. The minimum absolute atomic E-state index is 0.0130. The normalized spacial score (nSPS) is 16.4. The monoisotopic (exact) mass is 420 g/mol. The number of aromatic nitrogens is 4. The van der Waals surface area contributed by atoms with Crippen molar-refractivity contribution >= 4 is 11.9 Å². The molecular formula is C23H28N6O2. The van der Waals surface area contributed by atoms with Gasteiger partial charge >= 0.3 is 0 Å². The van der Waals surface area contributed by atoms with Gasteiger partial charge in [-0.3, -0.25) is 9.48 Å². The molecule has 1 amide bonds. The maximum Gasteiger partial charge on any atom is 0.244 e. The first-order valence-corrected chi connectivity index (χ1v) is 10.5. The van der Waals surface area contributed by atoms with Crippen molar-refractivity contribution in [2.24, 2.45) is 0 Å². The summed E-state index contributed by atoms with van der Waals surface area (Å²) in [7, 11) is 3.85. The third-order valence-electron chi connectivity index (χ3n) is 5.67. The van der Waals surface area contributed by atoms with Crippen molar-refractivity contribution in [2.75, 3.05) is 32.1 Å². The third-order valence-corrected chi connectivity index (χ3v) is 5.67. The molecule has 1 aliphatic rings. The summed E-state index contributed by atoms with van der Waals surface area (Å²) < 4.78 is 1.66. The van der Waals surface area contributed by atoms with Crippen LogP contribution in [0.2, 0.25) is 0 Å². The van der Waals surface area contributed by atoms with Gasteiger partial charge in [0.05, 0.1) is 12.3 Å². The van der Waals surface area contributed by atoms with Crippen molar-refractivity contribution in [1.29, 1.82) is 0 Å². The summed E-state index contributed by atoms with van der Waals surface area (Å²) >= 11 is 0. The fraction of sp³-hybridized carbons (Fsp3) is 0.391. The van der Waals surface area contributed by atoms with Crippen molar-refractivity contribution in [2.45, 2.75) is 31.9 Å². The smallest absolute Gasteiger partial charge is 0.244 e. The van der Waals surface area contributed by atoms with Crippen molar-refractivity contribution in [1.82, 2.24) is 24.6 Å². The topological polar surface area (TPSA) is 87.4 Å². The van der Waals surface area contributed by atoms with Gasteiger partial charge in [-0.15, -0.1) is 0 Å². The predicted octanol–water partition coefficient (Wildman–Crippen LogP) is 2.30. The average molecular weight is 421 g/mol. The van der Waals surface area contributed by atoms with Crippen molar-refractivity contribution in [3.8, 4) is 11.1 Å². The first-order chi connectivity index (χ1) is 15.0. The summed E-state index contributed by atoms with van der Waals surface area (Å²) in [4.78, 5) is 26.1. The number of carbonyl (C=O) groups is 1. The number of piperidine rings is 1. The van der Waals surface area contributed by atoms with E-state index in [2.05, 4.69) is 10.1 Å². The number of rotatable bonds is 6. The number of hydrogen-bond donors (Lipinski definition) is 1. The first-order valence-electron chi connectivity index (χ1n) is 10.5. The van der Waals surface area contributed by atoms with Crippen LogP contribution < -0.4 is 4.90 Å². The van der Waals surface area contributed by atoms with Gasteiger partial charge in [0, 0.05) is 57.3 Å².